The predicted molar refractivity (Wildman–Crippen MR) is 67.3 cm³/mol. The molecule has 92 valence electrons. The minimum Gasteiger partial charge on any atom is -0.469 e. The third-order valence-corrected chi connectivity index (χ3v) is 3.79. The Hall–Kier alpha value is -1.23. The Bertz CT molecular complexity index is 400. The molecule has 0 radical (unpaired) electrons. The van der Waals surface area contributed by atoms with Crippen molar-refractivity contribution in [2.75, 3.05) is 19.4 Å². The number of carbonyl (C=O) groups excluding carboxylic acids is 1. The third-order valence-electron chi connectivity index (χ3n) is 2.59. The van der Waals surface area contributed by atoms with Crippen LogP contribution in [0, 0.1) is 5.92 Å². The van der Waals surface area contributed by atoms with Crippen molar-refractivity contribution >= 4 is 22.8 Å². The maximum Gasteiger partial charge on any atom is 0.315 e. The third kappa shape index (κ3) is 3.12. The van der Waals surface area contributed by atoms with Gasteiger partial charge in [-0.05, 0) is 18.6 Å². The fourth-order valence-corrected chi connectivity index (χ4v) is 2.78. The van der Waals surface area contributed by atoms with Gasteiger partial charge in [0, 0.05) is 18.7 Å². The van der Waals surface area contributed by atoms with Gasteiger partial charge in [-0.3, -0.25) is 9.79 Å². The van der Waals surface area contributed by atoms with Crippen molar-refractivity contribution in [2.45, 2.75) is 12.8 Å². The molecule has 0 spiro atoms. The number of rotatable bonds is 4. The molecule has 1 atom stereocenters. The van der Waals surface area contributed by atoms with E-state index in [1.807, 2.05) is 12.1 Å². The molecule has 4 nitrogen and oxygen atoms in total. The van der Waals surface area contributed by atoms with Gasteiger partial charge in [0.2, 0.25) is 0 Å². The average molecular weight is 253 g/mol. The monoisotopic (exact) mass is 253 g/mol. The van der Waals surface area contributed by atoms with E-state index in [4.69, 9.17) is 9.15 Å². The van der Waals surface area contributed by atoms with Crippen molar-refractivity contribution in [2.24, 2.45) is 10.9 Å². The van der Waals surface area contributed by atoms with Crippen LogP contribution < -0.4 is 0 Å². The first kappa shape index (κ1) is 12.2. The number of hydrogen-bond acceptors (Lipinski definition) is 5. The van der Waals surface area contributed by atoms with Crippen LogP contribution in [0.3, 0.4) is 0 Å². The summed E-state index contributed by atoms with van der Waals surface area (Å²) < 4.78 is 10.1. The van der Waals surface area contributed by atoms with Crippen LogP contribution in [-0.2, 0) is 16.0 Å². The second-order valence-electron chi connectivity index (χ2n) is 3.78. The summed E-state index contributed by atoms with van der Waals surface area (Å²) in [6.07, 6.45) is 3.20. The highest BCUT2D eigenvalue weighted by molar-refractivity contribution is 8.14. The molecule has 5 heteroatoms. The number of ether oxygens (including phenoxy) is 1. The van der Waals surface area contributed by atoms with Gasteiger partial charge in [0.05, 0.1) is 18.4 Å². The summed E-state index contributed by atoms with van der Waals surface area (Å²) in [6, 6.07) is 3.68. The van der Waals surface area contributed by atoms with E-state index in [2.05, 4.69) is 4.99 Å². The van der Waals surface area contributed by atoms with E-state index in [0.717, 1.165) is 29.5 Å². The van der Waals surface area contributed by atoms with Crippen molar-refractivity contribution in [3.05, 3.63) is 24.2 Å². The number of esters is 1. The molecule has 0 aliphatic carbocycles. The van der Waals surface area contributed by atoms with E-state index >= 15 is 0 Å². The summed E-state index contributed by atoms with van der Waals surface area (Å²) in [4.78, 5) is 16.2. The van der Waals surface area contributed by atoms with E-state index in [0.29, 0.717) is 6.42 Å². The van der Waals surface area contributed by atoms with Crippen LogP contribution >= 0.6 is 11.8 Å². The number of hydrogen-bond donors (Lipinski definition) is 0. The summed E-state index contributed by atoms with van der Waals surface area (Å²) in [5.74, 6) is 1.24. The Kier molecular flexibility index (Phi) is 4.25. The first-order valence-electron chi connectivity index (χ1n) is 5.58. The molecule has 2 heterocycles. The lowest BCUT2D eigenvalue weighted by Crippen LogP contribution is -2.27. The number of nitrogens with zero attached hydrogens (tertiary/aromatic N) is 1. The second-order valence-corrected chi connectivity index (χ2v) is 4.90. The average Bonchev–Trinajstić information content (AvgIpc) is 2.89. The normalized spacial score (nSPS) is 17.4. The molecule has 0 amide bonds. The van der Waals surface area contributed by atoms with Crippen LogP contribution in [0.2, 0.25) is 0 Å². The van der Waals surface area contributed by atoms with Gasteiger partial charge in [-0.15, -0.1) is 11.8 Å². The van der Waals surface area contributed by atoms with Crippen molar-refractivity contribution < 1.29 is 13.9 Å². The number of furan rings is 1. The van der Waals surface area contributed by atoms with Gasteiger partial charge in [0.1, 0.15) is 11.7 Å². The first-order chi connectivity index (χ1) is 8.31. The van der Waals surface area contributed by atoms with Crippen LogP contribution in [0.25, 0.3) is 0 Å². The summed E-state index contributed by atoms with van der Waals surface area (Å²) in [5.41, 5.74) is 0. The lowest BCUT2D eigenvalue weighted by molar-refractivity contribution is -0.143. The Morgan fingerprint density at radius 1 is 1.71 bits per heavy atom. The zero-order chi connectivity index (χ0) is 12.1. The van der Waals surface area contributed by atoms with E-state index in [9.17, 15) is 4.79 Å². The maximum absolute atomic E-state index is 11.8. The molecule has 0 saturated heterocycles. The van der Waals surface area contributed by atoms with Crippen LogP contribution in [0.5, 0.6) is 0 Å². The summed E-state index contributed by atoms with van der Waals surface area (Å²) >= 11 is 1.64. The Morgan fingerprint density at radius 2 is 2.59 bits per heavy atom. The van der Waals surface area contributed by atoms with Crippen molar-refractivity contribution in [3.8, 4) is 0 Å². The SMILES string of the molecule is COC(=O)C(Cc1ccco1)C1=NCCCS1. The molecular formula is C12H15NO3S. The minimum atomic E-state index is -0.323. The van der Waals surface area contributed by atoms with Gasteiger partial charge in [-0.25, -0.2) is 0 Å². The number of thioether (sulfide) groups is 1. The highest BCUT2D eigenvalue weighted by Crippen LogP contribution is 2.23. The molecule has 1 aliphatic rings. The van der Waals surface area contributed by atoms with E-state index in [-0.39, 0.29) is 11.9 Å². The second kappa shape index (κ2) is 5.91. The highest BCUT2D eigenvalue weighted by atomic mass is 32.2. The molecule has 2 rings (SSSR count). The largest absolute Gasteiger partial charge is 0.469 e. The summed E-state index contributed by atoms with van der Waals surface area (Å²) in [6.45, 7) is 0.800. The number of carbonyl (C=O) groups is 1. The number of aliphatic imine (C=N–C) groups is 1. The Balaban J connectivity index is 2.13. The summed E-state index contributed by atoms with van der Waals surface area (Å²) in [7, 11) is 1.41. The van der Waals surface area contributed by atoms with E-state index in [1.165, 1.54) is 7.11 Å². The molecule has 0 N–H and O–H groups in total. The standard InChI is InChI=1S/C12H15NO3S/c1-15-12(14)10(8-9-4-2-6-16-9)11-13-5-3-7-17-11/h2,4,6,10H,3,5,7-8H2,1H3. The van der Waals surface area contributed by atoms with Gasteiger partial charge in [0.25, 0.3) is 0 Å². The molecular weight excluding hydrogens is 238 g/mol. The lowest BCUT2D eigenvalue weighted by atomic mass is 10.1. The van der Waals surface area contributed by atoms with Crippen molar-refractivity contribution in [1.82, 2.24) is 0 Å². The van der Waals surface area contributed by atoms with Gasteiger partial charge in [0.15, 0.2) is 0 Å². The number of methoxy groups -OCH3 is 1. The van der Waals surface area contributed by atoms with Crippen LogP contribution in [-0.4, -0.2) is 30.4 Å². The summed E-state index contributed by atoms with van der Waals surface area (Å²) in [5, 5.41) is 0.875. The molecule has 1 aromatic heterocycles. The fourth-order valence-electron chi connectivity index (χ4n) is 1.73. The molecule has 1 unspecified atom stereocenters. The highest BCUT2D eigenvalue weighted by Gasteiger charge is 2.28. The van der Waals surface area contributed by atoms with Crippen molar-refractivity contribution in [1.29, 1.82) is 0 Å². The Labute approximate surface area is 104 Å². The maximum atomic E-state index is 11.8. The Morgan fingerprint density at radius 3 is 3.18 bits per heavy atom. The van der Waals surface area contributed by atoms with Crippen LogP contribution in [0.15, 0.2) is 27.8 Å². The van der Waals surface area contributed by atoms with Crippen LogP contribution in [0.1, 0.15) is 12.2 Å². The zero-order valence-corrected chi connectivity index (χ0v) is 10.5. The molecule has 0 saturated carbocycles. The molecule has 1 aliphatic heterocycles. The van der Waals surface area contributed by atoms with Crippen LogP contribution in [0.4, 0.5) is 0 Å². The van der Waals surface area contributed by atoms with Crippen molar-refractivity contribution in [3.63, 3.8) is 0 Å². The van der Waals surface area contributed by atoms with E-state index in [1.54, 1.807) is 18.0 Å². The van der Waals surface area contributed by atoms with Gasteiger partial charge >= 0.3 is 5.97 Å². The smallest absolute Gasteiger partial charge is 0.315 e. The molecule has 1 aromatic rings. The van der Waals surface area contributed by atoms with Gasteiger partial charge in [-0.1, -0.05) is 0 Å². The quantitative estimate of drug-likeness (QED) is 0.771. The molecule has 17 heavy (non-hydrogen) atoms. The lowest BCUT2D eigenvalue weighted by Gasteiger charge is -2.18. The topological polar surface area (TPSA) is 51.8 Å². The first-order valence-corrected chi connectivity index (χ1v) is 6.57. The molecule has 0 aromatic carbocycles. The predicted octanol–water partition coefficient (Wildman–Crippen LogP) is 2.15. The molecule has 0 fully saturated rings. The van der Waals surface area contributed by atoms with Gasteiger partial charge in [-0.2, -0.15) is 0 Å². The zero-order valence-electron chi connectivity index (χ0n) is 9.72. The fraction of sp³-hybridized carbons (Fsp3) is 0.500. The van der Waals surface area contributed by atoms with Gasteiger partial charge < -0.3 is 9.15 Å². The van der Waals surface area contributed by atoms with E-state index < -0.39 is 0 Å². The molecule has 0 bridgehead atoms. The minimum absolute atomic E-state index is 0.241.